The van der Waals surface area contributed by atoms with Gasteiger partial charge >= 0.3 is 0 Å². The molecule has 0 fully saturated rings. The summed E-state index contributed by atoms with van der Waals surface area (Å²) < 4.78 is 5.51. The van der Waals surface area contributed by atoms with Crippen molar-refractivity contribution >= 4 is 23.5 Å². The van der Waals surface area contributed by atoms with Crippen LogP contribution < -0.4 is 15.0 Å². The van der Waals surface area contributed by atoms with Crippen LogP contribution >= 0.6 is 0 Å². The lowest BCUT2D eigenvalue weighted by molar-refractivity contribution is -0.121. The lowest BCUT2D eigenvalue weighted by Crippen LogP contribution is -2.37. The minimum absolute atomic E-state index is 0.111. The molecule has 1 aromatic carbocycles. The summed E-state index contributed by atoms with van der Waals surface area (Å²) in [5.41, 5.74) is 0.590. The molecule has 0 bridgehead atoms. The Labute approximate surface area is 120 Å². The summed E-state index contributed by atoms with van der Waals surface area (Å²) >= 11 is 0. The number of H-pyrrole nitrogens is 1. The van der Waals surface area contributed by atoms with Gasteiger partial charge in [-0.1, -0.05) is 12.1 Å². The van der Waals surface area contributed by atoms with Crippen LogP contribution in [0.3, 0.4) is 0 Å². The fourth-order valence-electron chi connectivity index (χ4n) is 2.07. The first kappa shape index (κ1) is 13.1. The number of nitrogens with zero attached hydrogens (tertiary/aromatic N) is 3. The van der Waals surface area contributed by atoms with E-state index in [1.165, 1.54) is 11.2 Å². The molecule has 0 spiro atoms. The van der Waals surface area contributed by atoms with Gasteiger partial charge in [-0.2, -0.15) is 10.1 Å². The number of para-hydroxylation sites is 2. The summed E-state index contributed by atoms with van der Waals surface area (Å²) in [6.07, 6.45) is 1.51. The first-order valence-electron chi connectivity index (χ1n) is 6.41. The highest BCUT2D eigenvalue weighted by atomic mass is 16.5. The molecule has 8 nitrogen and oxygen atoms in total. The average molecular weight is 287 g/mol. The standard InChI is InChI=1S/C13H13N5O3/c19-11(16-13-14-8-15-17-13)7-18-9-3-1-2-4-10(9)21-6-5-12(18)20/h1-4,8H,5-7H2,(H2,14,15,16,17,19). The zero-order chi connectivity index (χ0) is 14.7. The van der Waals surface area contributed by atoms with Crippen molar-refractivity contribution in [3.05, 3.63) is 30.6 Å². The Hall–Kier alpha value is -2.90. The van der Waals surface area contributed by atoms with Gasteiger partial charge < -0.3 is 4.74 Å². The van der Waals surface area contributed by atoms with Crippen molar-refractivity contribution < 1.29 is 14.3 Å². The van der Waals surface area contributed by atoms with Gasteiger partial charge in [-0.15, -0.1) is 0 Å². The summed E-state index contributed by atoms with van der Waals surface area (Å²) in [7, 11) is 0. The maximum Gasteiger partial charge on any atom is 0.246 e. The van der Waals surface area contributed by atoms with Crippen molar-refractivity contribution in [1.82, 2.24) is 15.2 Å². The average Bonchev–Trinajstić information content (AvgIpc) is 2.92. The molecular weight excluding hydrogens is 274 g/mol. The zero-order valence-electron chi connectivity index (χ0n) is 11.1. The van der Waals surface area contributed by atoms with Gasteiger partial charge in [0.05, 0.1) is 18.7 Å². The van der Waals surface area contributed by atoms with E-state index in [9.17, 15) is 9.59 Å². The molecule has 1 aromatic heterocycles. The summed E-state index contributed by atoms with van der Waals surface area (Å²) in [4.78, 5) is 29.4. The Morgan fingerprint density at radius 3 is 3.10 bits per heavy atom. The van der Waals surface area contributed by atoms with Crippen LogP contribution in [0.15, 0.2) is 30.6 Å². The topological polar surface area (TPSA) is 100 Å². The van der Waals surface area contributed by atoms with E-state index in [-0.39, 0.29) is 30.7 Å². The number of aromatic nitrogens is 3. The summed E-state index contributed by atoms with van der Waals surface area (Å²) in [6, 6.07) is 7.14. The third-order valence-corrected chi connectivity index (χ3v) is 3.01. The molecule has 108 valence electrons. The molecule has 0 unspecified atom stereocenters. The number of fused-ring (bicyclic) bond motifs is 1. The zero-order valence-corrected chi connectivity index (χ0v) is 11.1. The number of hydrogen-bond acceptors (Lipinski definition) is 5. The molecule has 0 atom stereocenters. The normalized spacial score (nSPS) is 14.1. The Bertz CT molecular complexity index is 656. The number of hydrogen-bond donors (Lipinski definition) is 2. The second-order valence-corrected chi connectivity index (χ2v) is 4.43. The summed E-state index contributed by atoms with van der Waals surface area (Å²) in [5.74, 6) is 0.312. The number of nitrogens with one attached hydrogen (secondary N) is 2. The second-order valence-electron chi connectivity index (χ2n) is 4.43. The number of ether oxygens (including phenoxy) is 1. The summed E-state index contributed by atoms with van der Waals surface area (Å²) in [5, 5.41) is 8.70. The molecule has 2 N–H and O–H groups in total. The van der Waals surface area contributed by atoms with E-state index in [1.54, 1.807) is 18.2 Å². The van der Waals surface area contributed by atoms with E-state index in [1.807, 2.05) is 6.07 Å². The number of carbonyl (C=O) groups excluding carboxylic acids is 2. The second kappa shape index (κ2) is 5.61. The number of benzene rings is 1. The SMILES string of the molecule is O=C(CN1C(=O)CCOc2ccccc21)Nc1ncn[nH]1. The minimum Gasteiger partial charge on any atom is -0.491 e. The number of amides is 2. The van der Waals surface area contributed by atoms with Crippen LogP contribution in [0.1, 0.15) is 6.42 Å². The molecule has 0 saturated heterocycles. The molecule has 8 heteroatoms. The van der Waals surface area contributed by atoms with Crippen LogP contribution in [-0.2, 0) is 9.59 Å². The van der Waals surface area contributed by atoms with E-state index in [2.05, 4.69) is 20.5 Å². The van der Waals surface area contributed by atoms with Gasteiger partial charge in [0, 0.05) is 0 Å². The van der Waals surface area contributed by atoms with Crippen molar-refractivity contribution in [2.45, 2.75) is 6.42 Å². The molecule has 21 heavy (non-hydrogen) atoms. The van der Waals surface area contributed by atoms with Gasteiger partial charge in [0.15, 0.2) is 0 Å². The van der Waals surface area contributed by atoms with Crippen molar-refractivity contribution in [1.29, 1.82) is 0 Å². The van der Waals surface area contributed by atoms with Crippen LogP contribution in [0.5, 0.6) is 5.75 Å². The van der Waals surface area contributed by atoms with Crippen LogP contribution in [-0.4, -0.2) is 40.1 Å². The van der Waals surface area contributed by atoms with Gasteiger partial charge in [-0.25, -0.2) is 5.10 Å². The maximum atomic E-state index is 12.1. The first-order chi connectivity index (χ1) is 10.2. The van der Waals surface area contributed by atoms with Gasteiger partial charge in [-0.05, 0) is 12.1 Å². The minimum atomic E-state index is -0.364. The summed E-state index contributed by atoms with van der Waals surface area (Å²) in [6.45, 7) is 0.190. The van der Waals surface area contributed by atoms with E-state index in [0.717, 1.165) is 0 Å². The molecule has 1 aliphatic rings. The molecule has 2 aromatic rings. The predicted octanol–water partition coefficient (Wildman–Crippen LogP) is 0.559. The van der Waals surface area contributed by atoms with Crippen LogP contribution in [0.4, 0.5) is 11.6 Å². The molecular formula is C13H13N5O3. The Kier molecular flexibility index (Phi) is 3.50. The molecule has 0 saturated carbocycles. The van der Waals surface area contributed by atoms with E-state index >= 15 is 0 Å². The molecule has 0 radical (unpaired) electrons. The number of rotatable bonds is 3. The lowest BCUT2D eigenvalue weighted by Gasteiger charge is -2.20. The molecule has 1 aliphatic heterocycles. The Balaban J connectivity index is 1.79. The van der Waals surface area contributed by atoms with Crippen LogP contribution in [0, 0.1) is 0 Å². The monoisotopic (exact) mass is 287 g/mol. The molecule has 3 rings (SSSR count). The van der Waals surface area contributed by atoms with Crippen molar-refractivity contribution in [2.75, 3.05) is 23.4 Å². The molecule has 2 heterocycles. The van der Waals surface area contributed by atoms with Gasteiger partial charge in [0.25, 0.3) is 0 Å². The smallest absolute Gasteiger partial charge is 0.246 e. The quantitative estimate of drug-likeness (QED) is 0.859. The lowest BCUT2D eigenvalue weighted by atomic mass is 10.2. The number of anilines is 2. The number of carbonyl (C=O) groups is 2. The van der Waals surface area contributed by atoms with Gasteiger partial charge in [0.2, 0.25) is 17.8 Å². The van der Waals surface area contributed by atoms with Crippen LogP contribution in [0.2, 0.25) is 0 Å². The van der Waals surface area contributed by atoms with E-state index in [0.29, 0.717) is 18.0 Å². The first-order valence-corrected chi connectivity index (χ1v) is 6.41. The van der Waals surface area contributed by atoms with Gasteiger partial charge in [-0.3, -0.25) is 19.8 Å². The molecule has 2 amide bonds. The highest BCUT2D eigenvalue weighted by molar-refractivity contribution is 6.03. The van der Waals surface area contributed by atoms with Crippen molar-refractivity contribution in [3.8, 4) is 5.75 Å². The predicted molar refractivity (Wildman–Crippen MR) is 73.9 cm³/mol. The largest absolute Gasteiger partial charge is 0.491 e. The van der Waals surface area contributed by atoms with Crippen molar-refractivity contribution in [2.24, 2.45) is 0 Å². The van der Waals surface area contributed by atoms with E-state index in [4.69, 9.17) is 4.74 Å². The third-order valence-electron chi connectivity index (χ3n) is 3.01. The van der Waals surface area contributed by atoms with E-state index < -0.39 is 0 Å². The van der Waals surface area contributed by atoms with Crippen molar-refractivity contribution in [3.63, 3.8) is 0 Å². The Morgan fingerprint density at radius 2 is 2.29 bits per heavy atom. The fourth-order valence-corrected chi connectivity index (χ4v) is 2.07. The van der Waals surface area contributed by atoms with Gasteiger partial charge in [0.1, 0.15) is 18.6 Å². The highest BCUT2D eigenvalue weighted by Crippen LogP contribution is 2.30. The maximum absolute atomic E-state index is 12.1. The van der Waals surface area contributed by atoms with Crippen LogP contribution in [0.25, 0.3) is 0 Å². The highest BCUT2D eigenvalue weighted by Gasteiger charge is 2.25. The molecule has 0 aliphatic carbocycles. The Morgan fingerprint density at radius 1 is 1.43 bits per heavy atom. The fraction of sp³-hybridized carbons (Fsp3) is 0.231. The third kappa shape index (κ3) is 2.83. The number of aromatic amines is 1.